The normalized spacial score (nSPS) is 10.5. The number of amides is 1. The van der Waals surface area contributed by atoms with Gasteiger partial charge < -0.3 is 14.5 Å². The molecule has 0 saturated carbocycles. The van der Waals surface area contributed by atoms with Gasteiger partial charge in [0.15, 0.2) is 0 Å². The van der Waals surface area contributed by atoms with Crippen molar-refractivity contribution >= 4 is 5.91 Å². The van der Waals surface area contributed by atoms with Crippen LogP contribution in [0.15, 0.2) is 4.52 Å². The summed E-state index contributed by atoms with van der Waals surface area (Å²) in [5.41, 5.74) is 0. The third kappa shape index (κ3) is 4.14. The molecule has 1 amide bonds. The highest BCUT2D eigenvalue weighted by atomic mass is 16.5. The largest absolute Gasteiger partial charge is 0.396 e. The Morgan fingerprint density at radius 3 is 2.65 bits per heavy atom. The maximum absolute atomic E-state index is 12.0. The summed E-state index contributed by atoms with van der Waals surface area (Å²) in [5.74, 6) is 0.242. The maximum Gasteiger partial charge on any atom is 0.295 e. The monoisotopic (exact) mass is 241 g/mol. The standard InChI is InChI=1S/C11H19N3O3/c1-3-4-6-14(7-5-8-15)11(16)10-12-9(2)17-13-10/h15H,3-8H2,1-2H3. The maximum atomic E-state index is 12.0. The first kappa shape index (κ1) is 13.6. The van der Waals surface area contributed by atoms with Crippen molar-refractivity contribution in [1.82, 2.24) is 15.0 Å². The molecule has 17 heavy (non-hydrogen) atoms. The Morgan fingerprint density at radius 1 is 1.41 bits per heavy atom. The van der Waals surface area contributed by atoms with Crippen LogP contribution in [-0.2, 0) is 0 Å². The van der Waals surface area contributed by atoms with Gasteiger partial charge in [-0.15, -0.1) is 0 Å². The molecular weight excluding hydrogens is 222 g/mol. The summed E-state index contributed by atoms with van der Waals surface area (Å²) in [7, 11) is 0. The predicted molar refractivity (Wildman–Crippen MR) is 61.5 cm³/mol. The zero-order valence-corrected chi connectivity index (χ0v) is 10.3. The molecule has 0 aliphatic carbocycles. The number of unbranched alkanes of at least 4 members (excludes halogenated alkanes) is 1. The molecule has 1 rings (SSSR count). The van der Waals surface area contributed by atoms with E-state index in [2.05, 4.69) is 17.1 Å². The molecule has 1 aromatic rings. The van der Waals surface area contributed by atoms with Crippen LogP contribution >= 0.6 is 0 Å². The van der Waals surface area contributed by atoms with E-state index >= 15 is 0 Å². The van der Waals surface area contributed by atoms with Gasteiger partial charge in [-0.1, -0.05) is 18.5 Å². The summed E-state index contributed by atoms with van der Waals surface area (Å²) in [4.78, 5) is 17.6. The molecule has 0 fully saturated rings. The lowest BCUT2D eigenvalue weighted by Gasteiger charge is -2.20. The van der Waals surface area contributed by atoms with Crippen molar-refractivity contribution in [3.63, 3.8) is 0 Å². The van der Waals surface area contributed by atoms with Crippen molar-refractivity contribution in [3.8, 4) is 0 Å². The zero-order chi connectivity index (χ0) is 12.7. The van der Waals surface area contributed by atoms with Crippen LogP contribution in [0.1, 0.15) is 42.7 Å². The smallest absolute Gasteiger partial charge is 0.295 e. The van der Waals surface area contributed by atoms with Crippen LogP contribution in [0.4, 0.5) is 0 Å². The first-order chi connectivity index (χ1) is 8.19. The van der Waals surface area contributed by atoms with E-state index in [4.69, 9.17) is 9.63 Å². The Bertz CT molecular complexity index is 343. The van der Waals surface area contributed by atoms with Crippen LogP contribution in [-0.4, -0.2) is 45.8 Å². The van der Waals surface area contributed by atoms with Crippen LogP contribution in [0.2, 0.25) is 0 Å². The number of nitrogens with zero attached hydrogens (tertiary/aromatic N) is 3. The average molecular weight is 241 g/mol. The summed E-state index contributed by atoms with van der Waals surface area (Å²) >= 11 is 0. The molecule has 6 nitrogen and oxygen atoms in total. The van der Waals surface area contributed by atoms with Crippen molar-refractivity contribution in [3.05, 3.63) is 11.7 Å². The number of carbonyl (C=O) groups excluding carboxylic acids is 1. The van der Waals surface area contributed by atoms with Crippen LogP contribution in [0.3, 0.4) is 0 Å². The molecule has 1 N–H and O–H groups in total. The number of hydrogen-bond donors (Lipinski definition) is 1. The molecule has 1 heterocycles. The van der Waals surface area contributed by atoms with Crippen LogP contribution in [0, 0.1) is 6.92 Å². The first-order valence-corrected chi connectivity index (χ1v) is 5.89. The van der Waals surface area contributed by atoms with E-state index in [1.807, 2.05) is 0 Å². The first-order valence-electron chi connectivity index (χ1n) is 5.89. The number of hydrogen-bond acceptors (Lipinski definition) is 5. The fourth-order valence-corrected chi connectivity index (χ4v) is 1.45. The van der Waals surface area contributed by atoms with Crippen molar-refractivity contribution in [2.24, 2.45) is 0 Å². The topological polar surface area (TPSA) is 79.5 Å². The van der Waals surface area contributed by atoms with Gasteiger partial charge in [0.25, 0.3) is 11.7 Å². The second-order valence-electron chi connectivity index (χ2n) is 3.86. The summed E-state index contributed by atoms with van der Waals surface area (Å²) < 4.78 is 4.79. The number of aromatic nitrogens is 2. The van der Waals surface area contributed by atoms with E-state index in [0.29, 0.717) is 25.4 Å². The molecule has 0 radical (unpaired) electrons. The van der Waals surface area contributed by atoms with Crippen molar-refractivity contribution in [1.29, 1.82) is 0 Å². The lowest BCUT2D eigenvalue weighted by atomic mass is 10.3. The predicted octanol–water partition coefficient (Wildman–Crippen LogP) is 1.00. The second kappa shape index (κ2) is 7.01. The van der Waals surface area contributed by atoms with E-state index in [-0.39, 0.29) is 18.3 Å². The molecule has 0 aromatic carbocycles. The Morgan fingerprint density at radius 2 is 2.12 bits per heavy atom. The molecule has 96 valence electrons. The number of aliphatic hydroxyl groups is 1. The van der Waals surface area contributed by atoms with Crippen molar-refractivity contribution < 1.29 is 14.4 Å². The summed E-state index contributed by atoms with van der Waals surface area (Å²) in [5, 5.41) is 12.4. The summed E-state index contributed by atoms with van der Waals surface area (Å²) in [6, 6.07) is 0. The molecule has 0 atom stereocenters. The highest BCUT2D eigenvalue weighted by Crippen LogP contribution is 2.04. The molecule has 0 unspecified atom stereocenters. The SMILES string of the molecule is CCCCN(CCCO)C(=O)c1noc(C)n1. The van der Waals surface area contributed by atoms with Gasteiger partial charge in [-0.25, -0.2) is 0 Å². The number of carbonyl (C=O) groups is 1. The molecule has 0 aliphatic rings. The molecule has 0 saturated heterocycles. The summed E-state index contributed by atoms with van der Waals surface area (Å²) in [6.07, 6.45) is 2.49. The van der Waals surface area contributed by atoms with Gasteiger partial charge in [0.2, 0.25) is 5.89 Å². The highest BCUT2D eigenvalue weighted by Gasteiger charge is 2.19. The Hall–Kier alpha value is -1.43. The van der Waals surface area contributed by atoms with Crippen molar-refractivity contribution in [2.45, 2.75) is 33.1 Å². The molecule has 6 heteroatoms. The minimum atomic E-state index is -0.233. The number of aliphatic hydroxyl groups excluding tert-OH is 1. The third-order valence-electron chi connectivity index (χ3n) is 2.37. The lowest BCUT2D eigenvalue weighted by Crippen LogP contribution is -2.34. The fourth-order valence-electron chi connectivity index (χ4n) is 1.45. The van der Waals surface area contributed by atoms with Gasteiger partial charge in [0.1, 0.15) is 0 Å². The van der Waals surface area contributed by atoms with E-state index in [9.17, 15) is 4.79 Å². The lowest BCUT2D eigenvalue weighted by molar-refractivity contribution is 0.0727. The molecule has 0 aliphatic heterocycles. The zero-order valence-electron chi connectivity index (χ0n) is 10.3. The van der Waals surface area contributed by atoms with Gasteiger partial charge in [0.05, 0.1) is 0 Å². The van der Waals surface area contributed by atoms with Gasteiger partial charge in [0, 0.05) is 26.6 Å². The average Bonchev–Trinajstić information content (AvgIpc) is 2.75. The van der Waals surface area contributed by atoms with Gasteiger partial charge in [-0.3, -0.25) is 4.79 Å². The van der Waals surface area contributed by atoms with E-state index in [1.165, 1.54) is 0 Å². The minimum Gasteiger partial charge on any atom is -0.396 e. The minimum absolute atomic E-state index is 0.0706. The van der Waals surface area contributed by atoms with Gasteiger partial charge in [-0.2, -0.15) is 4.98 Å². The second-order valence-corrected chi connectivity index (χ2v) is 3.86. The highest BCUT2D eigenvalue weighted by molar-refractivity contribution is 5.90. The quantitative estimate of drug-likeness (QED) is 0.770. The molecule has 0 spiro atoms. The Labute approximate surface area is 101 Å². The molecular formula is C11H19N3O3. The third-order valence-corrected chi connectivity index (χ3v) is 2.37. The Balaban J connectivity index is 2.64. The van der Waals surface area contributed by atoms with Gasteiger partial charge in [-0.05, 0) is 12.8 Å². The number of rotatable bonds is 7. The van der Waals surface area contributed by atoms with E-state index in [0.717, 1.165) is 12.8 Å². The van der Waals surface area contributed by atoms with E-state index < -0.39 is 0 Å². The van der Waals surface area contributed by atoms with Gasteiger partial charge >= 0.3 is 0 Å². The fraction of sp³-hybridized carbons (Fsp3) is 0.727. The molecule has 1 aromatic heterocycles. The number of aryl methyl sites for hydroxylation is 1. The Kier molecular flexibility index (Phi) is 5.62. The molecule has 0 bridgehead atoms. The van der Waals surface area contributed by atoms with Crippen LogP contribution in [0.25, 0.3) is 0 Å². The van der Waals surface area contributed by atoms with Crippen LogP contribution in [0.5, 0.6) is 0 Å². The van der Waals surface area contributed by atoms with E-state index in [1.54, 1.807) is 11.8 Å². The van der Waals surface area contributed by atoms with Crippen molar-refractivity contribution in [2.75, 3.05) is 19.7 Å². The summed E-state index contributed by atoms with van der Waals surface area (Å²) in [6.45, 7) is 4.95. The van der Waals surface area contributed by atoms with Crippen LogP contribution < -0.4 is 0 Å².